The van der Waals surface area contributed by atoms with Gasteiger partial charge >= 0.3 is 0 Å². The van der Waals surface area contributed by atoms with Gasteiger partial charge < -0.3 is 45.7 Å². The third-order valence-electron chi connectivity index (χ3n) is 10.2. The molecule has 3 aliphatic rings. The van der Waals surface area contributed by atoms with Crippen LogP contribution in [-0.2, 0) is 44.7 Å². The molecule has 3 aromatic rings. The number of hydrogen-bond donors (Lipinski definition) is 5. The number of nitrogens with two attached hydrogens (primary N) is 1. The Hall–Kier alpha value is -5.47. The van der Waals surface area contributed by atoms with Gasteiger partial charge in [0.2, 0.25) is 29.5 Å². The first-order valence-corrected chi connectivity index (χ1v) is 20.8. The summed E-state index contributed by atoms with van der Waals surface area (Å²) in [6, 6.07) is 11.6. The van der Waals surface area contributed by atoms with Gasteiger partial charge in [-0.3, -0.25) is 34.1 Å². The van der Waals surface area contributed by atoms with Gasteiger partial charge in [-0.25, -0.2) is 9.97 Å². The summed E-state index contributed by atoms with van der Waals surface area (Å²) in [7, 11) is 0. The van der Waals surface area contributed by atoms with Gasteiger partial charge in [0, 0.05) is 78.4 Å². The number of piperidine rings is 2. The van der Waals surface area contributed by atoms with Crippen molar-refractivity contribution >= 4 is 64.4 Å². The van der Waals surface area contributed by atoms with Crippen LogP contribution < -0.4 is 31.9 Å². The SMILES string of the molecule is CC1(N)CCN(c2cnc(Sc3cccc(NC(=O)CCC(=O)NCCOCCOCCOCC(=O)Nc4cccc5c4CN(C4CCC(=O)NC4=O)C5=O)c3)cn2)CC1. The number of nitrogens with zero attached hydrogens (tertiary/aromatic N) is 4. The molecular formula is C41H51N9O9S. The molecule has 320 valence electrons. The number of carbonyl (C=O) groups is 6. The van der Waals surface area contributed by atoms with Crippen molar-refractivity contribution in [2.45, 2.75) is 73.5 Å². The number of anilines is 3. The van der Waals surface area contributed by atoms with Crippen LogP contribution in [0, 0.1) is 0 Å². The molecule has 6 rings (SSSR count). The minimum atomic E-state index is -0.749. The number of benzene rings is 2. The summed E-state index contributed by atoms with van der Waals surface area (Å²) in [5.74, 6) is -1.31. The first kappa shape index (κ1) is 44.1. The molecule has 3 aliphatic heterocycles. The third-order valence-corrected chi connectivity index (χ3v) is 11.1. The van der Waals surface area contributed by atoms with E-state index >= 15 is 0 Å². The van der Waals surface area contributed by atoms with Gasteiger partial charge in [-0.15, -0.1) is 0 Å². The summed E-state index contributed by atoms with van der Waals surface area (Å²) in [4.78, 5) is 87.9. The van der Waals surface area contributed by atoms with Gasteiger partial charge in [-0.1, -0.05) is 23.9 Å². The quantitative estimate of drug-likeness (QED) is 0.0811. The molecule has 1 atom stereocenters. The van der Waals surface area contributed by atoms with E-state index in [4.69, 9.17) is 19.9 Å². The molecule has 1 aromatic heterocycles. The Balaban J connectivity index is 0.768. The summed E-state index contributed by atoms with van der Waals surface area (Å²) in [5, 5.41) is 11.4. The van der Waals surface area contributed by atoms with Crippen LogP contribution in [0.4, 0.5) is 17.2 Å². The fourth-order valence-corrected chi connectivity index (χ4v) is 7.61. The number of imide groups is 1. The number of rotatable bonds is 20. The van der Waals surface area contributed by atoms with E-state index in [2.05, 4.69) is 43.1 Å². The van der Waals surface area contributed by atoms with Crippen molar-refractivity contribution in [3.8, 4) is 0 Å². The highest BCUT2D eigenvalue weighted by Crippen LogP contribution is 2.33. The zero-order valence-corrected chi connectivity index (χ0v) is 34.4. The Labute approximate surface area is 352 Å². The second-order valence-electron chi connectivity index (χ2n) is 14.9. The Kier molecular flexibility index (Phi) is 15.6. The molecule has 19 heteroatoms. The molecule has 2 fully saturated rings. The molecule has 0 saturated carbocycles. The van der Waals surface area contributed by atoms with Crippen LogP contribution in [0.3, 0.4) is 0 Å². The molecule has 1 unspecified atom stereocenters. The maximum Gasteiger partial charge on any atom is 0.255 e. The van der Waals surface area contributed by atoms with Crippen LogP contribution in [0.15, 0.2) is 64.8 Å². The molecule has 60 heavy (non-hydrogen) atoms. The van der Waals surface area contributed by atoms with Crippen molar-refractivity contribution in [2.24, 2.45) is 5.73 Å². The van der Waals surface area contributed by atoms with Crippen molar-refractivity contribution in [1.82, 2.24) is 25.5 Å². The Morgan fingerprint density at radius 2 is 1.63 bits per heavy atom. The second kappa shape index (κ2) is 21.2. The highest BCUT2D eigenvalue weighted by molar-refractivity contribution is 7.99. The number of hydrogen-bond acceptors (Lipinski definition) is 14. The zero-order valence-electron chi connectivity index (χ0n) is 33.5. The lowest BCUT2D eigenvalue weighted by atomic mass is 9.91. The maximum absolute atomic E-state index is 13.0. The van der Waals surface area contributed by atoms with Crippen LogP contribution in [0.2, 0.25) is 0 Å². The predicted octanol–water partition coefficient (Wildman–Crippen LogP) is 2.23. The number of fused-ring (bicyclic) bond motifs is 1. The predicted molar refractivity (Wildman–Crippen MR) is 221 cm³/mol. The van der Waals surface area contributed by atoms with Crippen LogP contribution in [-0.4, -0.2) is 121 Å². The molecule has 2 aromatic carbocycles. The minimum absolute atomic E-state index is 0.0227. The van der Waals surface area contributed by atoms with Gasteiger partial charge in [-0.2, -0.15) is 0 Å². The molecule has 0 spiro atoms. The molecule has 18 nitrogen and oxygen atoms in total. The second-order valence-corrected chi connectivity index (χ2v) is 16.0. The van der Waals surface area contributed by atoms with E-state index in [9.17, 15) is 28.8 Å². The molecule has 0 bridgehead atoms. The van der Waals surface area contributed by atoms with Crippen LogP contribution in [0.5, 0.6) is 0 Å². The summed E-state index contributed by atoms with van der Waals surface area (Å²) in [5.41, 5.74) is 8.18. The largest absolute Gasteiger partial charge is 0.377 e. The van der Waals surface area contributed by atoms with Crippen LogP contribution in [0.1, 0.15) is 61.4 Å². The molecule has 4 heterocycles. The average molecular weight is 846 g/mol. The van der Waals surface area contributed by atoms with Gasteiger partial charge in [0.15, 0.2) is 0 Å². The molecule has 6 N–H and O–H groups in total. The van der Waals surface area contributed by atoms with Gasteiger partial charge in [0.25, 0.3) is 5.91 Å². The standard InChI is InChI=1S/C41H51N9O9S/c1-41(42)12-15-49(16-13-41)33-23-45-38(24-44-33)60-28-5-2-4-27(22-28)46-35(52)11-10-34(51)43-14-17-57-18-19-58-20-21-59-26-37(54)47-31-7-3-6-29-30(31)25-50(40(29)56)32-8-9-36(53)48-39(32)55/h2-7,22-24,32H,8-21,25-26,42H2,1H3,(H,43,51)(H,46,52)(H,47,54)(H,48,53,55). The first-order valence-electron chi connectivity index (χ1n) is 19.9. The van der Waals surface area contributed by atoms with E-state index in [1.165, 1.54) is 16.7 Å². The zero-order chi connectivity index (χ0) is 42.5. The fraction of sp³-hybridized carbons (Fsp3) is 0.463. The number of ether oxygens (including phenoxy) is 3. The minimum Gasteiger partial charge on any atom is -0.377 e. The van der Waals surface area contributed by atoms with E-state index < -0.39 is 17.9 Å². The van der Waals surface area contributed by atoms with Crippen LogP contribution >= 0.6 is 11.8 Å². The summed E-state index contributed by atoms with van der Waals surface area (Å²) in [6.45, 7) is 5.18. The van der Waals surface area contributed by atoms with Crippen molar-refractivity contribution in [1.29, 1.82) is 0 Å². The van der Waals surface area contributed by atoms with Crippen molar-refractivity contribution in [2.75, 3.05) is 74.8 Å². The monoisotopic (exact) mass is 845 g/mol. The van der Waals surface area contributed by atoms with Crippen LogP contribution in [0.25, 0.3) is 0 Å². The molecule has 0 aliphatic carbocycles. The number of amides is 6. The van der Waals surface area contributed by atoms with Gasteiger partial charge in [0.1, 0.15) is 23.5 Å². The fourth-order valence-electron chi connectivity index (χ4n) is 6.83. The molecule has 0 radical (unpaired) electrons. The topological polar surface area (TPSA) is 237 Å². The summed E-state index contributed by atoms with van der Waals surface area (Å²) < 4.78 is 16.4. The highest BCUT2D eigenvalue weighted by Gasteiger charge is 2.40. The Morgan fingerprint density at radius 3 is 2.38 bits per heavy atom. The average Bonchev–Trinajstić information content (AvgIpc) is 3.56. The summed E-state index contributed by atoms with van der Waals surface area (Å²) >= 11 is 1.44. The lowest BCUT2D eigenvalue weighted by Crippen LogP contribution is -2.52. The van der Waals surface area contributed by atoms with E-state index in [1.54, 1.807) is 36.7 Å². The first-order chi connectivity index (χ1) is 28.9. The molecule has 6 amide bonds. The van der Waals surface area contributed by atoms with Crippen molar-refractivity contribution in [3.63, 3.8) is 0 Å². The maximum atomic E-state index is 13.0. The van der Waals surface area contributed by atoms with E-state index in [0.717, 1.165) is 41.7 Å². The Morgan fingerprint density at radius 1 is 0.900 bits per heavy atom. The number of nitrogens with one attached hydrogen (secondary N) is 4. The lowest BCUT2D eigenvalue weighted by molar-refractivity contribution is -0.137. The number of aromatic nitrogens is 2. The van der Waals surface area contributed by atoms with Crippen molar-refractivity contribution < 1.29 is 43.0 Å². The number of carbonyl (C=O) groups excluding carboxylic acids is 6. The highest BCUT2D eigenvalue weighted by atomic mass is 32.2. The molecular weight excluding hydrogens is 795 g/mol. The van der Waals surface area contributed by atoms with E-state index in [-0.39, 0.29) is 108 Å². The van der Waals surface area contributed by atoms with Gasteiger partial charge in [0.05, 0.1) is 45.4 Å². The van der Waals surface area contributed by atoms with Gasteiger partial charge in [-0.05, 0) is 56.5 Å². The van der Waals surface area contributed by atoms with E-state index in [0.29, 0.717) is 22.5 Å². The lowest BCUT2D eigenvalue weighted by Gasteiger charge is -2.37. The third kappa shape index (κ3) is 12.8. The summed E-state index contributed by atoms with van der Waals surface area (Å²) in [6.07, 6.45) is 5.78. The Bertz CT molecular complexity index is 2020. The van der Waals surface area contributed by atoms with E-state index in [1.807, 2.05) is 18.2 Å². The normalized spacial score (nSPS) is 17.2. The smallest absolute Gasteiger partial charge is 0.255 e. The van der Waals surface area contributed by atoms with Crippen molar-refractivity contribution in [3.05, 3.63) is 66.0 Å². The molecule has 2 saturated heterocycles.